The number of nitriles is 1. The molecule has 1 aromatic heterocycles. The molecule has 1 aliphatic rings. The maximum absolute atomic E-state index is 13.1. The van der Waals surface area contributed by atoms with Crippen molar-refractivity contribution in [2.45, 2.75) is 12.8 Å². The molecule has 6 nitrogen and oxygen atoms in total. The van der Waals surface area contributed by atoms with E-state index in [1.54, 1.807) is 35.2 Å². The summed E-state index contributed by atoms with van der Waals surface area (Å²) >= 11 is 0. The second-order valence-corrected chi connectivity index (χ2v) is 6.80. The van der Waals surface area contributed by atoms with Gasteiger partial charge in [-0.25, -0.2) is 0 Å². The number of hydrogen-bond donors (Lipinski definition) is 1. The van der Waals surface area contributed by atoms with Gasteiger partial charge in [0.15, 0.2) is 0 Å². The van der Waals surface area contributed by atoms with Gasteiger partial charge in [-0.3, -0.25) is 14.6 Å². The van der Waals surface area contributed by atoms with Crippen LogP contribution in [0.25, 0.3) is 0 Å². The first kappa shape index (κ1) is 18.4. The van der Waals surface area contributed by atoms with E-state index in [1.165, 1.54) is 12.4 Å². The van der Waals surface area contributed by atoms with E-state index in [0.29, 0.717) is 23.4 Å². The Balaban J connectivity index is 1.57. The molecule has 0 unspecified atom stereocenters. The summed E-state index contributed by atoms with van der Waals surface area (Å²) in [5, 5.41) is 11.7. The molecule has 4 rings (SSSR count). The highest BCUT2D eigenvalue weighted by molar-refractivity contribution is 6.09. The molecule has 2 amide bonds. The first-order chi connectivity index (χ1) is 14.2. The third-order valence-electron chi connectivity index (χ3n) is 4.85. The highest BCUT2D eigenvalue weighted by atomic mass is 16.2. The lowest BCUT2D eigenvalue weighted by Crippen LogP contribution is -2.35. The predicted molar refractivity (Wildman–Crippen MR) is 110 cm³/mol. The third kappa shape index (κ3) is 3.85. The maximum Gasteiger partial charge on any atom is 0.259 e. The molecule has 1 aliphatic heterocycles. The Morgan fingerprint density at radius 3 is 2.72 bits per heavy atom. The number of nitrogens with one attached hydrogen (secondary N) is 1. The summed E-state index contributed by atoms with van der Waals surface area (Å²) < 4.78 is 0. The van der Waals surface area contributed by atoms with E-state index in [2.05, 4.69) is 10.3 Å². The molecular weight excluding hydrogens is 364 g/mol. The van der Waals surface area contributed by atoms with Gasteiger partial charge in [0.1, 0.15) is 0 Å². The molecule has 6 heteroatoms. The molecule has 0 spiro atoms. The molecule has 2 heterocycles. The van der Waals surface area contributed by atoms with Crippen LogP contribution in [0, 0.1) is 11.3 Å². The van der Waals surface area contributed by atoms with Crippen LogP contribution in [0.3, 0.4) is 0 Å². The lowest BCUT2D eigenvalue weighted by atomic mass is 10.0. The van der Waals surface area contributed by atoms with Crippen molar-refractivity contribution >= 4 is 23.2 Å². The number of aromatic nitrogens is 1. The molecule has 29 heavy (non-hydrogen) atoms. The Morgan fingerprint density at radius 1 is 1.03 bits per heavy atom. The van der Waals surface area contributed by atoms with Gasteiger partial charge in [-0.05, 0) is 48.7 Å². The number of rotatable bonds is 3. The molecule has 0 aliphatic carbocycles. The molecule has 3 aromatic rings. The molecular formula is C23H18N4O2. The van der Waals surface area contributed by atoms with Crippen molar-refractivity contribution < 1.29 is 9.59 Å². The predicted octanol–water partition coefficient (Wildman–Crippen LogP) is 3.80. The van der Waals surface area contributed by atoms with Crippen LogP contribution in [0.15, 0.2) is 67.0 Å². The average Bonchev–Trinajstić information content (AvgIpc) is 2.78. The summed E-state index contributed by atoms with van der Waals surface area (Å²) in [6.07, 6.45) is 4.74. The van der Waals surface area contributed by atoms with Crippen molar-refractivity contribution in [3.8, 4) is 6.07 Å². The van der Waals surface area contributed by atoms with Crippen LogP contribution in [0.2, 0.25) is 0 Å². The van der Waals surface area contributed by atoms with Crippen LogP contribution in [0.1, 0.15) is 38.3 Å². The number of nitrogens with zero attached hydrogens (tertiary/aromatic N) is 3. The number of hydrogen-bond acceptors (Lipinski definition) is 4. The molecule has 0 saturated heterocycles. The number of amides is 2. The van der Waals surface area contributed by atoms with Gasteiger partial charge >= 0.3 is 0 Å². The number of pyridine rings is 1. The van der Waals surface area contributed by atoms with Crippen molar-refractivity contribution in [2.75, 3.05) is 16.8 Å². The van der Waals surface area contributed by atoms with Crippen LogP contribution in [-0.4, -0.2) is 23.3 Å². The first-order valence-corrected chi connectivity index (χ1v) is 9.32. The maximum atomic E-state index is 13.1. The van der Waals surface area contributed by atoms with Gasteiger partial charge in [0.25, 0.3) is 11.8 Å². The number of carbonyl (C=O) groups is 2. The van der Waals surface area contributed by atoms with Gasteiger partial charge in [-0.2, -0.15) is 5.26 Å². The minimum Gasteiger partial charge on any atom is -0.322 e. The largest absolute Gasteiger partial charge is 0.322 e. The topological polar surface area (TPSA) is 86.1 Å². The molecule has 0 radical (unpaired) electrons. The van der Waals surface area contributed by atoms with Crippen LogP contribution >= 0.6 is 0 Å². The van der Waals surface area contributed by atoms with Gasteiger partial charge in [0.2, 0.25) is 0 Å². The zero-order valence-electron chi connectivity index (χ0n) is 15.6. The molecule has 0 atom stereocenters. The second kappa shape index (κ2) is 7.95. The molecule has 0 fully saturated rings. The summed E-state index contributed by atoms with van der Waals surface area (Å²) in [6.45, 7) is 0.632. The van der Waals surface area contributed by atoms with Crippen molar-refractivity contribution in [1.29, 1.82) is 5.26 Å². The summed E-state index contributed by atoms with van der Waals surface area (Å²) in [6, 6.07) is 18.1. The second-order valence-electron chi connectivity index (χ2n) is 6.80. The summed E-state index contributed by atoms with van der Waals surface area (Å²) in [7, 11) is 0. The monoisotopic (exact) mass is 382 g/mol. The standard InChI is InChI=1S/C23H18N4O2/c24-13-16-5-3-8-20(11-16)26-22(28)18-12-19(15-25-14-18)23(29)27-10-4-7-17-6-1-2-9-21(17)27/h1-3,5-6,8-9,11-12,14-15H,4,7,10H2,(H,26,28). The van der Waals surface area contributed by atoms with E-state index < -0.39 is 0 Å². The Hall–Kier alpha value is -3.98. The van der Waals surface area contributed by atoms with Crippen LogP contribution in [0.4, 0.5) is 11.4 Å². The van der Waals surface area contributed by atoms with E-state index in [1.807, 2.05) is 30.3 Å². The Labute approximate surface area is 168 Å². The number of anilines is 2. The van der Waals surface area contributed by atoms with Gasteiger partial charge < -0.3 is 10.2 Å². The fourth-order valence-corrected chi connectivity index (χ4v) is 3.45. The quantitative estimate of drug-likeness (QED) is 0.746. The number of carbonyl (C=O) groups excluding carboxylic acids is 2. The SMILES string of the molecule is N#Cc1cccc(NC(=O)c2cncc(C(=O)N3CCCc4ccccc43)c2)c1. The van der Waals surface area contributed by atoms with Crippen molar-refractivity contribution in [3.63, 3.8) is 0 Å². The zero-order chi connectivity index (χ0) is 20.2. The fraction of sp³-hybridized carbons (Fsp3) is 0.130. The normalized spacial score (nSPS) is 12.6. The highest BCUT2D eigenvalue weighted by Gasteiger charge is 2.24. The third-order valence-corrected chi connectivity index (χ3v) is 4.85. The average molecular weight is 382 g/mol. The van der Waals surface area contributed by atoms with E-state index in [9.17, 15) is 9.59 Å². The highest BCUT2D eigenvalue weighted by Crippen LogP contribution is 2.28. The lowest BCUT2D eigenvalue weighted by Gasteiger charge is -2.29. The van der Waals surface area contributed by atoms with E-state index >= 15 is 0 Å². The van der Waals surface area contributed by atoms with Gasteiger partial charge in [0.05, 0.1) is 22.8 Å². The van der Waals surface area contributed by atoms with Crippen LogP contribution < -0.4 is 10.2 Å². The molecule has 142 valence electrons. The Bertz CT molecular complexity index is 1130. The van der Waals surface area contributed by atoms with Crippen molar-refractivity contribution in [3.05, 3.63) is 89.2 Å². The molecule has 1 N–H and O–H groups in total. The molecule has 0 saturated carbocycles. The zero-order valence-corrected chi connectivity index (χ0v) is 15.6. The first-order valence-electron chi connectivity index (χ1n) is 9.32. The van der Waals surface area contributed by atoms with Gasteiger partial charge in [-0.15, -0.1) is 0 Å². The fourth-order valence-electron chi connectivity index (χ4n) is 3.45. The van der Waals surface area contributed by atoms with Crippen LogP contribution in [-0.2, 0) is 6.42 Å². The number of aryl methyl sites for hydroxylation is 1. The van der Waals surface area contributed by atoms with Gasteiger partial charge in [-0.1, -0.05) is 24.3 Å². The Morgan fingerprint density at radius 2 is 1.86 bits per heavy atom. The van der Waals surface area contributed by atoms with Gasteiger partial charge in [0, 0.05) is 30.3 Å². The number of benzene rings is 2. The minimum atomic E-state index is -0.388. The molecule has 2 aromatic carbocycles. The Kier molecular flexibility index (Phi) is 5.04. The smallest absolute Gasteiger partial charge is 0.259 e. The summed E-state index contributed by atoms with van der Waals surface area (Å²) in [4.78, 5) is 31.5. The van der Waals surface area contributed by atoms with Crippen molar-refractivity contribution in [1.82, 2.24) is 4.98 Å². The minimum absolute atomic E-state index is 0.175. The molecule has 0 bridgehead atoms. The van der Waals surface area contributed by atoms with E-state index in [4.69, 9.17) is 5.26 Å². The summed E-state index contributed by atoms with van der Waals surface area (Å²) in [5.41, 5.74) is 3.66. The van der Waals surface area contributed by atoms with Crippen molar-refractivity contribution in [2.24, 2.45) is 0 Å². The number of fused-ring (bicyclic) bond motifs is 1. The summed E-state index contributed by atoms with van der Waals surface area (Å²) in [5.74, 6) is -0.563. The lowest BCUT2D eigenvalue weighted by molar-refractivity contribution is 0.0984. The number of para-hydroxylation sites is 1. The van der Waals surface area contributed by atoms with Crippen LogP contribution in [0.5, 0.6) is 0 Å². The van der Waals surface area contributed by atoms with E-state index in [0.717, 1.165) is 24.1 Å². The van der Waals surface area contributed by atoms with E-state index in [-0.39, 0.29) is 17.4 Å².